The molecule has 0 atom stereocenters. The minimum Gasteiger partial charge on any atom is -0.378 e. The molecule has 0 unspecified atom stereocenters. The molecule has 4 rings (SSSR count). The fourth-order valence-electron chi connectivity index (χ4n) is 3.07. The Kier molecular flexibility index (Phi) is 3.97. The number of aldehydes is 1. The SMILES string of the molecule is CN(C)c1ccc(-n2cc(-c3cncc(C=O)c3)c3cccnc32)cc1. The van der Waals surface area contributed by atoms with Crippen LogP contribution in [-0.2, 0) is 0 Å². The lowest BCUT2D eigenvalue weighted by Crippen LogP contribution is -2.08. The molecule has 4 aromatic rings. The van der Waals surface area contributed by atoms with E-state index in [-0.39, 0.29) is 0 Å². The van der Waals surface area contributed by atoms with Gasteiger partial charge >= 0.3 is 0 Å². The summed E-state index contributed by atoms with van der Waals surface area (Å²) in [6.45, 7) is 0. The van der Waals surface area contributed by atoms with Gasteiger partial charge in [-0.2, -0.15) is 0 Å². The fourth-order valence-corrected chi connectivity index (χ4v) is 3.07. The maximum absolute atomic E-state index is 11.1. The summed E-state index contributed by atoms with van der Waals surface area (Å²) in [5, 5.41) is 1.02. The molecule has 0 fully saturated rings. The van der Waals surface area contributed by atoms with Crippen LogP contribution in [0.4, 0.5) is 5.69 Å². The van der Waals surface area contributed by atoms with Crippen LogP contribution < -0.4 is 4.90 Å². The highest BCUT2D eigenvalue weighted by Crippen LogP contribution is 2.31. The number of hydrogen-bond donors (Lipinski definition) is 0. The first-order valence-electron chi connectivity index (χ1n) is 8.32. The van der Waals surface area contributed by atoms with Gasteiger partial charge in [0.05, 0.1) is 0 Å². The van der Waals surface area contributed by atoms with E-state index in [1.54, 1.807) is 18.6 Å². The molecule has 0 saturated carbocycles. The summed E-state index contributed by atoms with van der Waals surface area (Å²) in [7, 11) is 4.04. The van der Waals surface area contributed by atoms with Crippen molar-refractivity contribution < 1.29 is 4.79 Å². The number of aromatic nitrogens is 3. The normalized spacial score (nSPS) is 10.8. The third-order valence-electron chi connectivity index (χ3n) is 4.41. The molecule has 128 valence electrons. The van der Waals surface area contributed by atoms with E-state index in [1.165, 1.54) is 0 Å². The molecular weight excluding hydrogens is 324 g/mol. The predicted octanol–water partition coefficient (Wildman–Crippen LogP) is 3.97. The third kappa shape index (κ3) is 2.73. The third-order valence-corrected chi connectivity index (χ3v) is 4.41. The fraction of sp³-hybridized carbons (Fsp3) is 0.0952. The number of benzene rings is 1. The van der Waals surface area contributed by atoms with Gasteiger partial charge in [0.1, 0.15) is 5.65 Å². The summed E-state index contributed by atoms with van der Waals surface area (Å²) >= 11 is 0. The van der Waals surface area contributed by atoms with Gasteiger partial charge in [0, 0.05) is 72.3 Å². The molecular formula is C21H18N4O. The van der Waals surface area contributed by atoms with E-state index in [9.17, 15) is 4.79 Å². The van der Waals surface area contributed by atoms with Crippen LogP contribution >= 0.6 is 0 Å². The van der Waals surface area contributed by atoms with Crippen LogP contribution in [0.5, 0.6) is 0 Å². The second-order valence-electron chi connectivity index (χ2n) is 6.32. The quantitative estimate of drug-likeness (QED) is 0.527. The number of carbonyl (C=O) groups excluding carboxylic acids is 1. The lowest BCUT2D eigenvalue weighted by Gasteiger charge is -2.13. The van der Waals surface area contributed by atoms with Gasteiger partial charge in [-0.1, -0.05) is 0 Å². The van der Waals surface area contributed by atoms with Crippen LogP contribution in [0.3, 0.4) is 0 Å². The second kappa shape index (κ2) is 6.44. The summed E-state index contributed by atoms with van der Waals surface area (Å²) in [5.74, 6) is 0. The number of fused-ring (bicyclic) bond motifs is 1. The van der Waals surface area contributed by atoms with Gasteiger partial charge < -0.3 is 9.47 Å². The van der Waals surface area contributed by atoms with E-state index in [0.717, 1.165) is 39.8 Å². The van der Waals surface area contributed by atoms with Crippen molar-refractivity contribution >= 4 is 23.0 Å². The van der Waals surface area contributed by atoms with Crippen molar-refractivity contribution in [1.82, 2.24) is 14.5 Å². The van der Waals surface area contributed by atoms with Crippen LogP contribution in [0.25, 0.3) is 27.8 Å². The van der Waals surface area contributed by atoms with Gasteiger partial charge in [0.25, 0.3) is 0 Å². The molecule has 0 aliphatic heterocycles. The van der Waals surface area contributed by atoms with Crippen molar-refractivity contribution in [3.05, 3.63) is 72.8 Å². The van der Waals surface area contributed by atoms with E-state index < -0.39 is 0 Å². The second-order valence-corrected chi connectivity index (χ2v) is 6.32. The van der Waals surface area contributed by atoms with Crippen molar-refractivity contribution in [2.24, 2.45) is 0 Å². The summed E-state index contributed by atoms with van der Waals surface area (Å²) in [6.07, 6.45) is 7.99. The molecule has 0 bridgehead atoms. The molecule has 0 radical (unpaired) electrons. The van der Waals surface area contributed by atoms with Crippen LogP contribution in [0.2, 0.25) is 0 Å². The first kappa shape index (κ1) is 16.0. The average molecular weight is 342 g/mol. The zero-order valence-electron chi connectivity index (χ0n) is 14.6. The highest BCUT2D eigenvalue weighted by atomic mass is 16.1. The number of carbonyl (C=O) groups is 1. The number of rotatable bonds is 4. The lowest BCUT2D eigenvalue weighted by atomic mass is 10.1. The Balaban J connectivity index is 1.90. The van der Waals surface area contributed by atoms with E-state index in [4.69, 9.17) is 0 Å². The van der Waals surface area contributed by atoms with Gasteiger partial charge in [0.2, 0.25) is 0 Å². The Hall–Kier alpha value is -3.47. The van der Waals surface area contributed by atoms with Gasteiger partial charge in [0.15, 0.2) is 6.29 Å². The lowest BCUT2D eigenvalue weighted by molar-refractivity contribution is 0.112. The Morgan fingerprint density at radius 1 is 1.08 bits per heavy atom. The molecule has 0 amide bonds. The Labute approximate surface area is 151 Å². The van der Waals surface area contributed by atoms with Crippen molar-refractivity contribution in [3.63, 3.8) is 0 Å². The van der Waals surface area contributed by atoms with E-state index in [0.29, 0.717) is 5.56 Å². The molecule has 3 aromatic heterocycles. The molecule has 5 nitrogen and oxygen atoms in total. The summed E-state index contributed by atoms with van der Waals surface area (Å²) in [4.78, 5) is 21.9. The van der Waals surface area contributed by atoms with Crippen LogP contribution in [-0.4, -0.2) is 34.9 Å². The highest BCUT2D eigenvalue weighted by molar-refractivity contribution is 5.95. The van der Waals surface area contributed by atoms with Gasteiger partial charge in [-0.15, -0.1) is 0 Å². The van der Waals surface area contributed by atoms with E-state index in [2.05, 4.69) is 43.7 Å². The van der Waals surface area contributed by atoms with Gasteiger partial charge in [-0.3, -0.25) is 9.78 Å². The van der Waals surface area contributed by atoms with Crippen molar-refractivity contribution in [3.8, 4) is 16.8 Å². The number of nitrogens with zero attached hydrogens (tertiary/aromatic N) is 4. The van der Waals surface area contributed by atoms with Crippen LogP contribution in [0, 0.1) is 0 Å². The Bertz CT molecular complexity index is 1080. The molecule has 5 heteroatoms. The van der Waals surface area contributed by atoms with Crippen LogP contribution in [0.1, 0.15) is 10.4 Å². The Morgan fingerprint density at radius 3 is 2.62 bits per heavy atom. The smallest absolute Gasteiger partial charge is 0.151 e. The standard InChI is InChI=1S/C21H18N4O/c1-24(2)17-5-7-18(8-6-17)25-13-20(19-4-3-9-23-21(19)25)16-10-15(14-26)11-22-12-16/h3-14H,1-2H3. The zero-order valence-corrected chi connectivity index (χ0v) is 14.6. The van der Waals surface area contributed by atoms with E-state index in [1.807, 2.05) is 38.5 Å². The first-order valence-corrected chi connectivity index (χ1v) is 8.32. The van der Waals surface area contributed by atoms with Gasteiger partial charge in [-0.25, -0.2) is 4.98 Å². The molecule has 3 heterocycles. The topological polar surface area (TPSA) is 51.0 Å². The van der Waals surface area contributed by atoms with Gasteiger partial charge in [-0.05, 0) is 42.5 Å². The summed E-state index contributed by atoms with van der Waals surface area (Å²) in [6, 6.07) is 14.1. The number of hydrogen-bond acceptors (Lipinski definition) is 4. The minimum atomic E-state index is 0.558. The van der Waals surface area contributed by atoms with E-state index >= 15 is 0 Å². The average Bonchev–Trinajstić information content (AvgIpc) is 3.08. The molecule has 1 aromatic carbocycles. The maximum atomic E-state index is 11.1. The maximum Gasteiger partial charge on any atom is 0.151 e. The molecule has 0 aliphatic rings. The van der Waals surface area contributed by atoms with Crippen molar-refractivity contribution in [1.29, 1.82) is 0 Å². The predicted molar refractivity (Wildman–Crippen MR) is 104 cm³/mol. The van der Waals surface area contributed by atoms with Crippen molar-refractivity contribution in [2.45, 2.75) is 0 Å². The largest absolute Gasteiger partial charge is 0.378 e. The Morgan fingerprint density at radius 2 is 1.88 bits per heavy atom. The molecule has 0 aliphatic carbocycles. The number of anilines is 1. The number of pyridine rings is 2. The first-order chi connectivity index (χ1) is 12.7. The summed E-state index contributed by atoms with van der Waals surface area (Å²) < 4.78 is 2.07. The van der Waals surface area contributed by atoms with Crippen molar-refractivity contribution in [2.75, 3.05) is 19.0 Å². The summed E-state index contributed by atoms with van der Waals surface area (Å²) in [5.41, 5.74) is 5.50. The molecule has 26 heavy (non-hydrogen) atoms. The van der Waals surface area contributed by atoms with Crippen LogP contribution in [0.15, 0.2) is 67.3 Å². The monoisotopic (exact) mass is 342 g/mol. The zero-order chi connectivity index (χ0) is 18.1. The highest BCUT2D eigenvalue weighted by Gasteiger charge is 2.13. The molecule has 0 N–H and O–H groups in total. The molecule has 0 saturated heterocycles. The molecule has 0 spiro atoms. The minimum absolute atomic E-state index is 0.558.